The highest BCUT2D eigenvalue weighted by molar-refractivity contribution is 5.88. The lowest BCUT2D eigenvalue weighted by molar-refractivity contribution is 0.452. The molecule has 0 fully saturated rings. The molecule has 30 heavy (non-hydrogen) atoms. The van der Waals surface area contributed by atoms with Crippen molar-refractivity contribution in [1.29, 1.82) is 0 Å². The van der Waals surface area contributed by atoms with E-state index < -0.39 is 5.43 Å². The average Bonchev–Trinajstić information content (AvgIpc) is 2.74. The number of pyridine rings is 1. The topological polar surface area (TPSA) is 92.7 Å². The van der Waals surface area contributed by atoms with Gasteiger partial charge in [0.25, 0.3) is 0 Å². The largest absolute Gasteiger partial charge is 0.508 e. The highest BCUT2D eigenvalue weighted by Crippen LogP contribution is 2.30. The van der Waals surface area contributed by atoms with Crippen molar-refractivity contribution in [2.75, 3.05) is 0 Å². The molecular weight excluding hydrogens is 382 g/mol. The Balaban J connectivity index is 1.87. The standard InChI is InChI=1S/C24H15NO5/c26-15-10-19(27)23-20(28)12-21(30-22(23)11-15)17-13-25(14-6-2-1-3-7-14)18-9-5-4-8-16(18)24(17)29/h1-13,26-27H. The van der Waals surface area contributed by atoms with E-state index in [0.717, 1.165) is 17.3 Å². The van der Waals surface area contributed by atoms with Crippen LogP contribution in [0.4, 0.5) is 0 Å². The number of hydrogen-bond acceptors (Lipinski definition) is 5. The Morgan fingerprint density at radius 3 is 2.37 bits per heavy atom. The summed E-state index contributed by atoms with van der Waals surface area (Å²) in [4.78, 5) is 25.8. The number of phenols is 2. The van der Waals surface area contributed by atoms with Crippen molar-refractivity contribution in [1.82, 2.24) is 4.57 Å². The molecule has 0 aliphatic heterocycles. The fourth-order valence-corrected chi connectivity index (χ4v) is 3.64. The van der Waals surface area contributed by atoms with Gasteiger partial charge in [0.15, 0.2) is 10.9 Å². The predicted octanol–water partition coefficient (Wildman–Crippen LogP) is 4.18. The molecule has 2 heterocycles. The SMILES string of the molecule is O=c1c(-c2cc(=O)c3c(O)cc(O)cc3o2)cn(-c2ccccc2)c2ccccc12. The van der Waals surface area contributed by atoms with Crippen molar-refractivity contribution in [3.05, 3.63) is 99.4 Å². The minimum Gasteiger partial charge on any atom is -0.508 e. The molecule has 0 aliphatic rings. The van der Waals surface area contributed by atoms with Gasteiger partial charge in [-0.3, -0.25) is 9.59 Å². The molecule has 0 saturated heterocycles. The van der Waals surface area contributed by atoms with Gasteiger partial charge in [-0.15, -0.1) is 0 Å². The zero-order chi connectivity index (χ0) is 20.8. The second-order valence-electron chi connectivity index (χ2n) is 6.91. The number of phenolic OH excluding ortho intramolecular Hbond substituents is 2. The van der Waals surface area contributed by atoms with Crippen molar-refractivity contribution in [2.45, 2.75) is 0 Å². The molecule has 5 aromatic rings. The monoisotopic (exact) mass is 397 g/mol. The lowest BCUT2D eigenvalue weighted by atomic mass is 10.1. The molecule has 0 unspecified atom stereocenters. The zero-order valence-electron chi connectivity index (χ0n) is 15.6. The van der Waals surface area contributed by atoms with Gasteiger partial charge in [-0.2, -0.15) is 0 Å². The van der Waals surface area contributed by atoms with Crippen LogP contribution in [0.5, 0.6) is 11.5 Å². The third-order valence-electron chi connectivity index (χ3n) is 5.01. The van der Waals surface area contributed by atoms with Gasteiger partial charge in [-0.25, -0.2) is 0 Å². The molecule has 0 saturated carbocycles. The van der Waals surface area contributed by atoms with Crippen molar-refractivity contribution in [3.63, 3.8) is 0 Å². The van der Waals surface area contributed by atoms with E-state index in [1.54, 1.807) is 18.3 Å². The number of hydrogen-bond donors (Lipinski definition) is 2. The molecule has 6 nitrogen and oxygen atoms in total. The second-order valence-corrected chi connectivity index (χ2v) is 6.91. The maximum atomic E-state index is 13.2. The highest BCUT2D eigenvalue weighted by Gasteiger charge is 2.17. The van der Waals surface area contributed by atoms with E-state index in [0.29, 0.717) is 5.39 Å². The number of para-hydroxylation sites is 2. The zero-order valence-corrected chi connectivity index (χ0v) is 15.6. The van der Waals surface area contributed by atoms with E-state index in [1.807, 2.05) is 47.0 Å². The summed E-state index contributed by atoms with van der Waals surface area (Å²) in [6, 6.07) is 20.2. The van der Waals surface area contributed by atoms with Crippen LogP contribution >= 0.6 is 0 Å². The number of benzene rings is 3. The van der Waals surface area contributed by atoms with Crippen LogP contribution in [-0.4, -0.2) is 14.8 Å². The third-order valence-corrected chi connectivity index (χ3v) is 5.01. The first-order chi connectivity index (χ1) is 14.5. The Labute approximate surface area is 169 Å². The summed E-state index contributed by atoms with van der Waals surface area (Å²) in [5.74, 6) is -0.580. The maximum absolute atomic E-state index is 13.2. The first-order valence-corrected chi connectivity index (χ1v) is 9.23. The molecule has 0 aliphatic carbocycles. The first-order valence-electron chi connectivity index (χ1n) is 9.23. The minimum atomic E-state index is -0.512. The fraction of sp³-hybridized carbons (Fsp3) is 0. The number of aromatic hydroxyl groups is 2. The smallest absolute Gasteiger partial charge is 0.200 e. The molecule has 2 N–H and O–H groups in total. The summed E-state index contributed by atoms with van der Waals surface area (Å²) in [5.41, 5.74) is 0.949. The van der Waals surface area contributed by atoms with Gasteiger partial charge in [0, 0.05) is 35.5 Å². The van der Waals surface area contributed by atoms with Crippen LogP contribution < -0.4 is 10.9 Å². The van der Waals surface area contributed by atoms with Crippen molar-refractivity contribution in [3.8, 4) is 28.5 Å². The number of fused-ring (bicyclic) bond motifs is 2. The van der Waals surface area contributed by atoms with Gasteiger partial charge >= 0.3 is 0 Å². The molecular formula is C24H15NO5. The van der Waals surface area contributed by atoms with Gasteiger partial charge < -0.3 is 19.2 Å². The Morgan fingerprint density at radius 1 is 0.833 bits per heavy atom. The van der Waals surface area contributed by atoms with Crippen molar-refractivity contribution in [2.24, 2.45) is 0 Å². The molecule has 0 amide bonds. The van der Waals surface area contributed by atoms with Crippen LogP contribution in [0, 0.1) is 0 Å². The molecule has 0 atom stereocenters. The minimum absolute atomic E-state index is 0.00572. The fourth-order valence-electron chi connectivity index (χ4n) is 3.64. The first kappa shape index (κ1) is 17.8. The lowest BCUT2D eigenvalue weighted by Gasteiger charge is -2.13. The van der Waals surface area contributed by atoms with Gasteiger partial charge in [-0.1, -0.05) is 30.3 Å². The molecule has 2 aromatic heterocycles. The Hall–Kier alpha value is -4.32. The maximum Gasteiger partial charge on any atom is 0.200 e. The van der Waals surface area contributed by atoms with E-state index in [9.17, 15) is 19.8 Å². The summed E-state index contributed by atoms with van der Waals surface area (Å²) >= 11 is 0. The molecule has 3 aromatic carbocycles. The molecule has 5 rings (SSSR count). The van der Waals surface area contributed by atoms with Crippen LogP contribution in [0.2, 0.25) is 0 Å². The predicted molar refractivity (Wildman–Crippen MR) is 114 cm³/mol. The number of aromatic nitrogens is 1. The van der Waals surface area contributed by atoms with E-state index in [1.165, 1.54) is 12.1 Å². The Bertz CT molecular complexity index is 1550. The van der Waals surface area contributed by atoms with Gasteiger partial charge in [0.05, 0.1) is 11.1 Å². The molecule has 0 radical (unpaired) electrons. The van der Waals surface area contributed by atoms with Gasteiger partial charge in [0.2, 0.25) is 0 Å². The summed E-state index contributed by atoms with van der Waals surface area (Å²) < 4.78 is 7.63. The number of nitrogens with zero attached hydrogens (tertiary/aromatic N) is 1. The molecule has 0 spiro atoms. The Kier molecular flexibility index (Phi) is 3.93. The summed E-state index contributed by atoms with van der Waals surface area (Å²) in [5, 5.41) is 20.2. The van der Waals surface area contributed by atoms with E-state index in [4.69, 9.17) is 4.42 Å². The van der Waals surface area contributed by atoms with Crippen LogP contribution in [0.1, 0.15) is 0 Å². The quantitative estimate of drug-likeness (QED) is 0.466. The van der Waals surface area contributed by atoms with Crippen LogP contribution in [-0.2, 0) is 0 Å². The molecule has 6 heteroatoms. The van der Waals surface area contributed by atoms with Crippen LogP contribution in [0.25, 0.3) is 38.9 Å². The normalized spacial score (nSPS) is 11.2. The number of rotatable bonds is 2. The second kappa shape index (κ2) is 6.63. The van der Waals surface area contributed by atoms with Crippen LogP contribution in [0.15, 0.2) is 93.0 Å². The van der Waals surface area contributed by atoms with Crippen LogP contribution in [0.3, 0.4) is 0 Å². The third kappa shape index (κ3) is 2.74. The Morgan fingerprint density at radius 2 is 1.57 bits per heavy atom. The van der Waals surface area contributed by atoms with Crippen molar-refractivity contribution < 1.29 is 14.6 Å². The summed E-state index contributed by atoms with van der Waals surface area (Å²) in [7, 11) is 0. The van der Waals surface area contributed by atoms with E-state index >= 15 is 0 Å². The van der Waals surface area contributed by atoms with Crippen molar-refractivity contribution >= 4 is 21.9 Å². The molecule has 0 bridgehead atoms. The lowest BCUT2D eigenvalue weighted by Crippen LogP contribution is -2.12. The van der Waals surface area contributed by atoms with E-state index in [-0.39, 0.29) is 39.2 Å². The molecule has 146 valence electrons. The highest BCUT2D eigenvalue weighted by atomic mass is 16.3. The van der Waals surface area contributed by atoms with Gasteiger partial charge in [0.1, 0.15) is 28.2 Å². The average molecular weight is 397 g/mol. The van der Waals surface area contributed by atoms with Gasteiger partial charge in [-0.05, 0) is 24.3 Å². The summed E-state index contributed by atoms with van der Waals surface area (Å²) in [6.45, 7) is 0. The summed E-state index contributed by atoms with van der Waals surface area (Å²) in [6.07, 6.45) is 1.63. The van der Waals surface area contributed by atoms with E-state index in [2.05, 4.69) is 0 Å².